The first-order valence-electron chi connectivity index (χ1n) is 9.35. The molecule has 11 heteroatoms. The van der Waals surface area contributed by atoms with Crippen molar-refractivity contribution in [3.05, 3.63) is 59.1 Å². The minimum Gasteiger partial charge on any atom is -0.299 e. The average molecular weight is 542 g/mol. The van der Waals surface area contributed by atoms with Crippen LogP contribution in [0.3, 0.4) is 0 Å². The molecule has 1 amide bonds. The Balaban J connectivity index is 1.81. The molecule has 2 aromatic carbocycles. The number of carbonyl (C=O) groups is 1. The second kappa shape index (κ2) is 10.6. The number of nitrogens with one attached hydrogen (secondary N) is 1. The molecule has 3 aromatic rings. The monoisotopic (exact) mass is 540 g/mol. The van der Waals surface area contributed by atoms with E-state index in [-0.39, 0.29) is 4.90 Å². The number of benzene rings is 2. The number of carbonyl (C=O) groups excluding carboxylic acids is 1. The highest BCUT2D eigenvalue weighted by atomic mass is 79.9. The van der Waals surface area contributed by atoms with Gasteiger partial charge in [0.25, 0.3) is 10.0 Å². The highest BCUT2D eigenvalue weighted by Gasteiger charge is 2.27. The molecule has 0 unspecified atom stereocenters. The molecule has 7 nitrogen and oxygen atoms in total. The lowest BCUT2D eigenvalue weighted by Gasteiger charge is -2.24. The van der Waals surface area contributed by atoms with E-state index in [1.54, 1.807) is 54.2 Å². The minimum absolute atomic E-state index is 0.103. The van der Waals surface area contributed by atoms with E-state index in [2.05, 4.69) is 45.3 Å². The summed E-state index contributed by atoms with van der Waals surface area (Å²) in [6.07, 6.45) is 0. The Labute approximate surface area is 198 Å². The van der Waals surface area contributed by atoms with Crippen molar-refractivity contribution >= 4 is 65.8 Å². The first-order chi connectivity index (χ1) is 14.8. The number of anilines is 2. The van der Waals surface area contributed by atoms with Crippen molar-refractivity contribution in [2.75, 3.05) is 21.9 Å². The largest absolute Gasteiger partial charge is 0.299 e. The van der Waals surface area contributed by atoms with Crippen LogP contribution in [0.4, 0.5) is 10.8 Å². The Hall–Kier alpha value is -1.95. The molecule has 0 saturated heterocycles. The van der Waals surface area contributed by atoms with Crippen LogP contribution >= 0.6 is 39.0 Å². The van der Waals surface area contributed by atoms with Crippen LogP contribution in [-0.4, -0.2) is 36.8 Å². The number of halogens is 1. The van der Waals surface area contributed by atoms with Gasteiger partial charge in [-0.2, -0.15) is 0 Å². The standard InChI is InChI=1S/C20H21BrN4O3S3/c1-14(2)13-29-20-24-23-19(30-20)22-18(26)12-25(16-8-6-7-15(21)11-16)31(27,28)17-9-4-3-5-10-17/h3-11,14H,12-13H2,1-2H3,(H,22,23,26). The molecule has 0 fully saturated rings. The number of nitrogens with zero attached hydrogens (tertiary/aromatic N) is 3. The normalized spacial score (nSPS) is 11.5. The maximum atomic E-state index is 13.3. The van der Waals surface area contributed by atoms with Crippen LogP contribution in [0.2, 0.25) is 0 Å². The van der Waals surface area contributed by atoms with Crippen LogP contribution in [0.5, 0.6) is 0 Å². The summed E-state index contributed by atoms with van der Waals surface area (Å²) >= 11 is 6.20. The van der Waals surface area contributed by atoms with Gasteiger partial charge >= 0.3 is 0 Å². The topological polar surface area (TPSA) is 92.3 Å². The molecule has 0 saturated carbocycles. The quantitative estimate of drug-likeness (QED) is 0.307. The molecule has 0 aliphatic carbocycles. The second-order valence-electron chi connectivity index (χ2n) is 6.93. The fourth-order valence-electron chi connectivity index (χ4n) is 2.51. The van der Waals surface area contributed by atoms with Gasteiger partial charge in [-0.05, 0) is 36.2 Å². The molecular formula is C20H21BrN4O3S3. The maximum Gasteiger partial charge on any atom is 0.264 e. The van der Waals surface area contributed by atoms with Crippen LogP contribution in [0.15, 0.2) is 68.3 Å². The molecule has 1 N–H and O–H groups in total. The Bertz CT molecular complexity index is 1140. The number of thioether (sulfide) groups is 1. The van der Waals surface area contributed by atoms with Crippen molar-refractivity contribution < 1.29 is 13.2 Å². The highest BCUT2D eigenvalue weighted by Crippen LogP contribution is 2.28. The summed E-state index contributed by atoms with van der Waals surface area (Å²) in [7, 11) is -3.96. The summed E-state index contributed by atoms with van der Waals surface area (Å²) in [5, 5.41) is 11.1. The van der Waals surface area contributed by atoms with Gasteiger partial charge in [-0.3, -0.25) is 14.4 Å². The highest BCUT2D eigenvalue weighted by molar-refractivity contribution is 9.10. The third kappa shape index (κ3) is 6.52. The van der Waals surface area contributed by atoms with Crippen LogP contribution in [0.25, 0.3) is 0 Å². The smallest absolute Gasteiger partial charge is 0.264 e. The van der Waals surface area contributed by atoms with Gasteiger partial charge in [0.15, 0.2) is 4.34 Å². The Morgan fingerprint density at radius 1 is 1.16 bits per heavy atom. The Morgan fingerprint density at radius 3 is 2.58 bits per heavy atom. The van der Waals surface area contributed by atoms with Gasteiger partial charge in [-0.1, -0.05) is 77.1 Å². The van der Waals surface area contributed by atoms with E-state index in [1.807, 2.05) is 0 Å². The van der Waals surface area contributed by atoms with E-state index in [9.17, 15) is 13.2 Å². The zero-order valence-corrected chi connectivity index (χ0v) is 20.9. The number of rotatable bonds is 9. The van der Waals surface area contributed by atoms with Gasteiger partial charge in [0.2, 0.25) is 11.0 Å². The van der Waals surface area contributed by atoms with Crippen molar-refractivity contribution in [1.82, 2.24) is 10.2 Å². The zero-order chi connectivity index (χ0) is 22.4. The number of hydrogen-bond acceptors (Lipinski definition) is 7. The van der Waals surface area contributed by atoms with Crippen molar-refractivity contribution in [3.63, 3.8) is 0 Å². The lowest BCUT2D eigenvalue weighted by Crippen LogP contribution is -2.38. The number of hydrogen-bond donors (Lipinski definition) is 1. The Kier molecular flexibility index (Phi) is 8.09. The van der Waals surface area contributed by atoms with Crippen molar-refractivity contribution in [1.29, 1.82) is 0 Å². The summed E-state index contributed by atoms with van der Waals surface area (Å²) in [4.78, 5) is 12.8. The van der Waals surface area contributed by atoms with E-state index < -0.39 is 22.5 Å². The molecule has 164 valence electrons. The maximum absolute atomic E-state index is 13.3. The predicted octanol–water partition coefficient (Wildman–Crippen LogP) is 4.88. The molecule has 0 aliphatic heterocycles. The molecule has 1 aromatic heterocycles. The molecule has 1 heterocycles. The number of aromatic nitrogens is 2. The van der Waals surface area contributed by atoms with Crippen LogP contribution in [0.1, 0.15) is 13.8 Å². The minimum atomic E-state index is -3.96. The van der Waals surface area contributed by atoms with E-state index in [0.29, 0.717) is 21.2 Å². The van der Waals surface area contributed by atoms with Gasteiger partial charge in [-0.25, -0.2) is 8.42 Å². The summed E-state index contributed by atoms with van der Waals surface area (Å²) < 4.78 is 29.1. The molecule has 0 radical (unpaired) electrons. The number of sulfonamides is 1. The van der Waals surface area contributed by atoms with Gasteiger partial charge in [0, 0.05) is 10.2 Å². The van der Waals surface area contributed by atoms with E-state index in [4.69, 9.17) is 0 Å². The van der Waals surface area contributed by atoms with E-state index >= 15 is 0 Å². The lowest BCUT2D eigenvalue weighted by molar-refractivity contribution is -0.114. The molecule has 31 heavy (non-hydrogen) atoms. The van der Waals surface area contributed by atoms with Crippen LogP contribution in [-0.2, 0) is 14.8 Å². The Morgan fingerprint density at radius 2 is 1.90 bits per heavy atom. The van der Waals surface area contributed by atoms with Crippen molar-refractivity contribution in [2.45, 2.75) is 23.1 Å². The fourth-order valence-corrected chi connectivity index (χ4v) is 6.08. The molecule has 0 bridgehead atoms. The van der Waals surface area contributed by atoms with Gasteiger partial charge in [-0.15, -0.1) is 10.2 Å². The lowest BCUT2D eigenvalue weighted by atomic mass is 10.3. The van der Waals surface area contributed by atoms with Crippen molar-refractivity contribution in [3.8, 4) is 0 Å². The zero-order valence-electron chi connectivity index (χ0n) is 16.9. The van der Waals surface area contributed by atoms with E-state index in [1.165, 1.54) is 23.5 Å². The number of amides is 1. The first kappa shape index (κ1) is 23.7. The molecule has 3 rings (SSSR count). The average Bonchev–Trinajstić information content (AvgIpc) is 3.18. The second-order valence-corrected chi connectivity index (χ2v) is 12.0. The van der Waals surface area contributed by atoms with Crippen LogP contribution in [0, 0.1) is 5.92 Å². The first-order valence-corrected chi connectivity index (χ1v) is 13.4. The van der Waals surface area contributed by atoms with Gasteiger partial charge in [0.1, 0.15) is 6.54 Å². The fraction of sp³-hybridized carbons (Fsp3) is 0.250. The molecule has 0 spiro atoms. The van der Waals surface area contributed by atoms with Crippen molar-refractivity contribution in [2.24, 2.45) is 5.92 Å². The summed E-state index contributed by atoms with van der Waals surface area (Å²) in [6, 6.07) is 14.8. The SMILES string of the molecule is CC(C)CSc1nnc(NC(=O)CN(c2cccc(Br)c2)S(=O)(=O)c2ccccc2)s1. The summed E-state index contributed by atoms with van der Waals surface area (Å²) in [5.41, 5.74) is 0.374. The third-order valence-electron chi connectivity index (χ3n) is 3.91. The summed E-state index contributed by atoms with van der Waals surface area (Å²) in [5.74, 6) is 0.902. The molecule has 0 aliphatic rings. The van der Waals surface area contributed by atoms with Gasteiger partial charge in [0.05, 0.1) is 10.6 Å². The van der Waals surface area contributed by atoms with Crippen LogP contribution < -0.4 is 9.62 Å². The molecule has 0 atom stereocenters. The molecular weight excluding hydrogens is 520 g/mol. The van der Waals surface area contributed by atoms with Gasteiger partial charge < -0.3 is 0 Å². The van der Waals surface area contributed by atoms with E-state index in [0.717, 1.165) is 14.4 Å². The third-order valence-corrected chi connectivity index (χ3v) is 8.59. The predicted molar refractivity (Wildman–Crippen MR) is 129 cm³/mol. The summed E-state index contributed by atoms with van der Waals surface area (Å²) in [6.45, 7) is 3.82.